The van der Waals surface area contributed by atoms with Gasteiger partial charge in [-0.15, -0.1) is 0 Å². The molecule has 5 aliphatic rings. The molecule has 9 nitrogen and oxygen atoms in total. The maximum absolute atomic E-state index is 15.4. The number of hydrogen-bond donors (Lipinski definition) is 3. The minimum absolute atomic E-state index is 0.0750. The SMILES string of the molecule is CS(=O)(=O)/C(F)=C/[C@H](C[C@@H]1CCNC1=O)NC(=O)[C@@H]1[C@H]2CC[C@H](CC2(F)F)N1C(=O)C1(O)c2ccccc2-c2ccccc21. The third kappa shape index (κ3) is 4.90. The van der Waals surface area contributed by atoms with Gasteiger partial charge < -0.3 is 20.6 Å². The van der Waals surface area contributed by atoms with E-state index < -0.39 is 74.7 Å². The minimum Gasteiger partial charge on any atom is -0.372 e. The summed E-state index contributed by atoms with van der Waals surface area (Å²) in [5.74, 6) is -7.94. The summed E-state index contributed by atoms with van der Waals surface area (Å²) in [7, 11) is -4.31. The second kappa shape index (κ2) is 10.7. The second-order valence-corrected chi connectivity index (χ2v) is 14.1. The second-order valence-electron chi connectivity index (χ2n) is 12.1. The van der Waals surface area contributed by atoms with Crippen LogP contribution in [0, 0.1) is 11.8 Å². The van der Waals surface area contributed by atoms with Crippen LogP contribution < -0.4 is 10.6 Å². The average molecular weight is 632 g/mol. The standard InChI is InChI=1S/C31H32F3N3O6S/c1-44(42,43)25(32)15-18(14-17-12-13-35-27(17)38)36-28(39)26-24-11-10-19(16-30(24,33)34)37(26)29(40)31(41)22-8-4-2-6-20(22)21-7-3-5-9-23(21)31/h2-9,15,17-19,24,26,41H,10-14,16H2,1H3,(H,35,38)(H,36,39)/b25-15+/t17-,18-,19+,24+,26-/m0/s1. The van der Waals surface area contributed by atoms with Crippen LogP contribution in [0.4, 0.5) is 13.2 Å². The van der Waals surface area contributed by atoms with Crippen molar-refractivity contribution in [3.05, 3.63) is 70.9 Å². The molecule has 2 aliphatic carbocycles. The molecule has 44 heavy (non-hydrogen) atoms. The molecule has 7 rings (SSSR count). The molecule has 3 N–H and O–H groups in total. The van der Waals surface area contributed by atoms with E-state index in [1.54, 1.807) is 48.5 Å². The van der Waals surface area contributed by atoms with Crippen molar-refractivity contribution in [1.82, 2.24) is 15.5 Å². The van der Waals surface area contributed by atoms with Crippen molar-refractivity contribution >= 4 is 27.6 Å². The van der Waals surface area contributed by atoms with Crippen molar-refractivity contribution in [2.45, 2.75) is 61.8 Å². The molecule has 3 aliphatic heterocycles. The minimum atomic E-state index is -4.31. The van der Waals surface area contributed by atoms with Crippen LogP contribution in [0.1, 0.15) is 43.2 Å². The van der Waals surface area contributed by atoms with Crippen LogP contribution in [0.2, 0.25) is 0 Å². The first-order chi connectivity index (χ1) is 20.7. The monoisotopic (exact) mass is 631 g/mol. The number of amides is 3. The Bertz CT molecular complexity index is 1630. The molecule has 2 aromatic carbocycles. The summed E-state index contributed by atoms with van der Waals surface area (Å²) >= 11 is 0. The summed E-state index contributed by atoms with van der Waals surface area (Å²) in [5, 5.41) is 15.8. The summed E-state index contributed by atoms with van der Waals surface area (Å²) in [6, 6.07) is 9.27. The summed E-state index contributed by atoms with van der Waals surface area (Å²) in [6.07, 6.45) is 0.872. The Morgan fingerprint density at radius 1 is 1.09 bits per heavy atom. The van der Waals surface area contributed by atoms with E-state index in [1.807, 2.05) is 0 Å². The number of rotatable bonds is 7. The molecule has 0 aromatic heterocycles. The van der Waals surface area contributed by atoms with Crippen molar-refractivity contribution in [2.24, 2.45) is 11.8 Å². The Kier molecular flexibility index (Phi) is 7.39. The van der Waals surface area contributed by atoms with Gasteiger partial charge in [-0.1, -0.05) is 48.5 Å². The molecule has 3 heterocycles. The topological polar surface area (TPSA) is 133 Å². The van der Waals surface area contributed by atoms with Crippen molar-refractivity contribution < 1.29 is 41.1 Å². The van der Waals surface area contributed by atoms with Crippen LogP contribution in [0.3, 0.4) is 0 Å². The molecule has 2 bridgehead atoms. The zero-order valence-electron chi connectivity index (χ0n) is 23.8. The van der Waals surface area contributed by atoms with E-state index in [0.717, 1.165) is 4.90 Å². The van der Waals surface area contributed by atoms with Crippen LogP contribution in [-0.4, -0.2) is 73.0 Å². The molecule has 4 fully saturated rings. The first-order valence-corrected chi connectivity index (χ1v) is 16.4. The lowest BCUT2D eigenvalue weighted by atomic mass is 9.70. The number of sulfone groups is 1. The summed E-state index contributed by atoms with van der Waals surface area (Å²) in [5.41, 5.74) is -0.529. The van der Waals surface area contributed by atoms with Gasteiger partial charge >= 0.3 is 0 Å². The smallest absolute Gasteiger partial charge is 0.264 e. The largest absolute Gasteiger partial charge is 0.372 e. The summed E-state index contributed by atoms with van der Waals surface area (Å²) < 4.78 is 69.1. The number of piperidine rings is 2. The van der Waals surface area contributed by atoms with Crippen molar-refractivity contribution in [3.8, 4) is 11.1 Å². The lowest BCUT2D eigenvalue weighted by molar-refractivity contribution is -0.201. The Morgan fingerprint density at radius 2 is 1.70 bits per heavy atom. The van der Waals surface area contributed by atoms with Gasteiger partial charge in [0.15, 0.2) is 5.60 Å². The molecule has 5 atom stereocenters. The van der Waals surface area contributed by atoms with Crippen LogP contribution in [0.15, 0.2) is 59.8 Å². The number of fused-ring (bicyclic) bond motifs is 6. The van der Waals surface area contributed by atoms with E-state index in [1.165, 1.54) is 0 Å². The molecule has 3 saturated heterocycles. The zero-order valence-corrected chi connectivity index (χ0v) is 24.6. The Labute approximate surface area is 252 Å². The normalized spacial score (nSPS) is 27.3. The Balaban J connectivity index is 1.39. The predicted molar refractivity (Wildman–Crippen MR) is 153 cm³/mol. The molecular formula is C31H32F3N3O6S. The number of nitrogens with zero attached hydrogens (tertiary/aromatic N) is 1. The average Bonchev–Trinajstić information content (AvgIpc) is 3.50. The van der Waals surface area contributed by atoms with Gasteiger partial charge in [-0.2, -0.15) is 4.39 Å². The molecular weight excluding hydrogens is 599 g/mol. The number of carbonyl (C=O) groups excluding carboxylic acids is 3. The van der Waals surface area contributed by atoms with Crippen LogP contribution in [0.25, 0.3) is 11.1 Å². The van der Waals surface area contributed by atoms with E-state index in [9.17, 15) is 32.3 Å². The quantitative estimate of drug-likeness (QED) is 0.431. The fraction of sp³-hybridized carbons (Fsp3) is 0.452. The lowest BCUT2D eigenvalue weighted by Crippen LogP contribution is -2.70. The predicted octanol–water partition coefficient (Wildman–Crippen LogP) is 2.78. The first-order valence-electron chi connectivity index (χ1n) is 14.5. The highest BCUT2D eigenvalue weighted by Gasteiger charge is 2.63. The van der Waals surface area contributed by atoms with Crippen LogP contribution in [0.5, 0.6) is 0 Å². The van der Waals surface area contributed by atoms with E-state index in [-0.39, 0.29) is 36.3 Å². The molecule has 13 heteroatoms. The van der Waals surface area contributed by atoms with Gasteiger partial charge in [0.05, 0.1) is 12.0 Å². The van der Waals surface area contributed by atoms with Gasteiger partial charge in [-0.05, 0) is 42.9 Å². The molecule has 2 aromatic rings. The molecule has 234 valence electrons. The number of benzene rings is 2. The Morgan fingerprint density at radius 3 is 2.25 bits per heavy atom. The number of alkyl halides is 2. The fourth-order valence-corrected chi connectivity index (χ4v) is 7.73. The van der Waals surface area contributed by atoms with Gasteiger partial charge in [0, 0.05) is 42.3 Å². The van der Waals surface area contributed by atoms with Crippen molar-refractivity contribution in [3.63, 3.8) is 0 Å². The number of nitrogens with one attached hydrogen (secondary N) is 2. The summed E-state index contributed by atoms with van der Waals surface area (Å²) in [6.45, 7) is 0.338. The molecule has 0 spiro atoms. The fourth-order valence-electron chi connectivity index (χ4n) is 7.32. The highest BCUT2D eigenvalue weighted by atomic mass is 32.2. The van der Waals surface area contributed by atoms with E-state index in [4.69, 9.17) is 0 Å². The maximum atomic E-state index is 15.4. The van der Waals surface area contributed by atoms with Crippen molar-refractivity contribution in [2.75, 3.05) is 12.8 Å². The number of hydrogen-bond acceptors (Lipinski definition) is 6. The van der Waals surface area contributed by atoms with Crippen LogP contribution >= 0.6 is 0 Å². The van der Waals surface area contributed by atoms with Crippen LogP contribution in [-0.2, 0) is 29.8 Å². The van der Waals surface area contributed by atoms with Gasteiger partial charge in [-0.25, -0.2) is 17.2 Å². The third-order valence-electron chi connectivity index (χ3n) is 9.39. The highest BCUT2D eigenvalue weighted by Crippen LogP contribution is 2.53. The maximum Gasteiger partial charge on any atom is 0.264 e. The van der Waals surface area contributed by atoms with Gasteiger partial charge in [0.25, 0.3) is 11.8 Å². The Hall–Kier alpha value is -3.71. The zero-order chi connectivity index (χ0) is 31.6. The number of aliphatic hydroxyl groups is 1. The highest BCUT2D eigenvalue weighted by molar-refractivity contribution is 7.94. The van der Waals surface area contributed by atoms with Gasteiger partial charge in [0.1, 0.15) is 6.04 Å². The summed E-state index contributed by atoms with van der Waals surface area (Å²) in [4.78, 5) is 41.8. The molecule has 1 saturated carbocycles. The number of halogens is 3. The lowest BCUT2D eigenvalue weighted by Gasteiger charge is -2.55. The number of carbonyl (C=O) groups is 3. The molecule has 0 unspecified atom stereocenters. The van der Waals surface area contributed by atoms with Gasteiger partial charge in [-0.3, -0.25) is 14.4 Å². The first kappa shape index (κ1) is 30.3. The van der Waals surface area contributed by atoms with E-state index >= 15 is 8.78 Å². The van der Waals surface area contributed by atoms with Gasteiger partial charge in [0.2, 0.25) is 26.8 Å². The molecule has 0 radical (unpaired) electrons. The van der Waals surface area contributed by atoms with E-state index in [2.05, 4.69) is 10.6 Å². The van der Waals surface area contributed by atoms with E-state index in [0.29, 0.717) is 36.4 Å². The molecule has 3 amide bonds. The van der Waals surface area contributed by atoms with Crippen molar-refractivity contribution in [1.29, 1.82) is 0 Å². The third-order valence-corrected chi connectivity index (χ3v) is 10.2.